The van der Waals surface area contributed by atoms with Crippen LogP contribution in [0.5, 0.6) is 0 Å². The molecule has 7 heteroatoms. The molecule has 0 spiro atoms. The Morgan fingerprint density at radius 2 is 1.71 bits per heavy atom. The molecule has 1 saturated heterocycles. The summed E-state index contributed by atoms with van der Waals surface area (Å²) in [6, 6.07) is 17.7. The lowest BCUT2D eigenvalue weighted by molar-refractivity contribution is 0.0951. The van der Waals surface area contributed by atoms with E-state index in [2.05, 4.69) is 35.9 Å². The second kappa shape index (κ2) is 11.5. The molecule has 1 amide bonds. The fourth-order valence-corrected chi connectivity index (χ4v) is 4.90. The van der Waals surface area contributed by atoms with Crippen molar-refractivity contribution in [2.75, 3.05) is 37.6 Å². The van der Waals surface area contributed by atoms with Crippen LogP contribution in [0.1, 0.15) is 39.7 Å². The number of anilines is 1. The minimum Gasteiger partial charge on any atom is -0.354 e. The highest BCUT2D eigenvalue weighted by atomic mass is 32.2. The predicted octanol–water partition coefficient (Wildman–Crippen LogP) is 4.46. The van der Waals surface area contributed by atoms with E-state index in [1.807, 2.05) is 54.6 Å². The van der Waals surface area contributed by atoms with Gasteiger partial charge in [-0.05, 0) is 43.7 Å². The lowest BCUT2D eigenvalue weighted by Gasteiger charge is -2.35. The molecule has 3 aromatic rings. The molecule has 1 aromatic heterocycles. The first-order chi connectivity index (χ1) is 16.5. The van der Waals surface area contributed by atoms with Gasteiger partial charge in [0.15, 0.2) is 5.16 Å². The molecule has 0 bridgehead atoms. The number of thioether (sulfide) groups is 1. The van der Waals surface area contributed by atoms with Gasteiger partial charge in [-0.2, -0.15) is 0 Å². The zero-order chi connectivity index (χ0) is 23.9. The summed E-state index contributed by atoms with van der Waals surface area (Å²) in [5.41, 5.74) is 5.02. The van der Waals surface area contributed by atoms with Gasteiger partial charge in [0.25, 0.3) is 5.91 Å². The van der Waals surface area contributed by atoms with Crippen molar-refractivity contribution in [2.45, 2.75) is 38.2 Å². The lowest BCUT2D eigenvalue weighted by Crippen LogP contribution is -2.46. The van der Waals surface area contributed by atoms with Gasteiger partial charge in [0, 0.05) is 55.3 Å². The Morgan fingerprint density at radius 3 is 2.44 bits per heavy atom. The normalized spacial score (nSPS) is 14.3. The Labute approximate surface area is 206 Å². The first-order valence-electron chi connectivity index (χ1n) is 11.9. The Kier molecular flexibility index (Phi) is 8.19. The molecule has 1 fully saturated rings. The van der Waals surface area contributed by atoms with Crippen LogP contribution in [0, 0.1) is 13.8 Å². The van der Waals surface area contributed by atoms with Gasteiger partial charge < -0.3 is 15.1 Å². The van der Waals surface area contributed by atoms with E-state index in [1.165, 1.54) is 0 Å². The molecule has 34 heavy (non-hydrogen) atoms. The molecule has 4 rings (SSSR count). The van der Waals surface area contributed by atoms with E-state index < -0.39 is 0 Å². The zero-order valence-electron chi connectivity index (χ0n) is 20.3. The van der Waals surface area contributed by atoms with Crippen LogP contribution in [0.4, 0.5) is 5.82 Å². The van der Waals surface area contributed by atoms with Crippen molar-refractivity contribution in [1.29, 1.82) is 0 Å². The molecule has 0 aliphatic carbocycles. The average Bonchev–Trinajstić information content (AvgIpc) is 2.88. The molecule has 0 atom stereocenters. The van der Waals surface area contributed by atoms with Gasteiger partial charge in [0.1, 0.15) is 5.82 Å². The van der Waals surface area contributed by atoms with Crippen LogP contribution in [-0.2, 0) is 12.3 Å². The van der Waals surface area contributed by atoms with Crippen LogP contribution in [0.15, 0.2) is 59.8 Å². The van der Waals surface area contributed by atoms with Crippen molar-refractivity contribution < 1.29 is 4.79 Å². The number of benzene rings is 2. The highest BCUT2D eigenvalue weighted by Crippen LogP contribution is 2.27. The topological polar surface area (TPSA) is 61.4 Å². The van der Waals surface area contributed by atoms with E-state index in [0.717, 1.165) is 66.1 Å². The maximum atomic E-state index is 12.6. The molecule has 1 N–H and O–H groups in total. The number of amides is 1. The number of hydrogen-bond acceptors (Lipinski definition) is 6. The maximum Gasteiger partial charge on any atom is 0.251 e. The van der Waals surface area contributed by atoms with Crippen LogP contribution in [0.25, 0.3) is 0 Å². The number of piperazine rings is 1. The third kappa shape index (κ3) is 6.15. The fraction of sp³-hybridized carbons (Fsp3) is 0.370. The summed E-state index contributed by atoms with van der Waals surface area (Å²) in [5, 5.41) is 3.79. The minimum absolute atomic E-state index is 0.0633. The largest absolute Gasteiger partial charge is 0.354 e. The Bertz CT molecular complexity index is 1110. The van der Waals surface area contributed by atoms with Crippen molar-refractivity contribution >= 4 is 23.5 Å². The number of nitrogens with zero attached hydrogens (tertiary/aromatic N) is 4. The summed E-state index contributed by atoms with van der Waals surface area (Å²) < 4.78 is 0. The number of aryl methyl sites for hydroxylation is 1. The van der Waals surface area contributed by atoms with Gasteiger partial charge in [0.2, 0.25) is 0 Å². The Morgan fingerprint density at radius 1 is 0.971 bits per heavy atom. The number of rotatable bonds is 8. The maximum absolute atomic E-state index is 12.6. The van der Waals surface area contributed by atoms with Gasteiger partial charge in [-0.25, -0.2) is 9.97 Å². The monoisotopic (exact) mass is 475 g/mol. The van der Waals surface area contributed by atoms with E-state index in [9.17, 15) is 4.79 Å². The van der Waals surface area contributed by atoms with Crippen molar-refractivity contribution in [1.82, 2.24) is 20.2 Å². The van der Waals surface area contributed by atoms with Gasteiger partial charge in [-0.3, -0.25) is 4.79 Å². The lowest BCUT2D eigenvalue weighted by atomic mass is 10.1. The van der Waals surface area contributed by atoms with Crippen LogP contribution in [0.2, 0.25) is 0 Å². The van der Waals surface area contributed by atoms with E-state index in [0.29, 0.717) is 17.9 Å². The van der Waals surface area contributed by atoms with Crippen molar-refractivity contribution in [2.24, 2.45) is 0 Å². The number of aromatic nitrogens is 2. The first-order valence-corrected chi connectivity index (χ1v) is 12.9. The van der Waals surface area contributed by atoms with Gasteiger partial charge in [0.05, 0.1) is 0 Å². The molecule has 6 nitrogen and oxygen atoms in total. The molecule has 2 heterocycles. The first kappa shape index (κ1) is 24.2. The Hall–Kier alpha value is -2.90. The highest BCUT2D eigenvalue weighted by molar-refractivity contribution is 7.98. The fourth-order valence-electron chi connectivity index (χ4n) is 4.07. The van der Waals surface area contributed by atoms with E-state index >= 15 is 0 Å². The van der Waals surface area contributed by atoms with Crippen molar-refractivity contribution in [3.63, 3.8) is 0 Å². The summed E-state index contributed by atoms with van der Waals surface area (Å²) in [4.78, 5) is 27.2. The number of nitrogens with one attached hydrogen (secondary N) is 1. The van der Waals surface area contributed by atoms with Crippen LogP contribution >= 0.6 is 11.8 Å². The van der Waals surface area contributed by atoms with Gasteiger partial charge in [-0.1, -0.05) is 61.2 Å². The van der Waals surface area contributed by atoms with Crippen molar-refractivity contribution in [3.05, 3.63) is 82.5 Å². The highest BCUT2D eigenvalue weighted by Gasteiger charge is 2.20. The van der Waals surface area contributed by atoms with Crippen LogP contribution in [-0.4, -0.2) is 53.5 Å². The summed E-state index contributed by atoms with van der Waals surface area (Å²) in [6.07, 6.45) is 0. The van der Waals surface area contributed by atoms with E-state index in [-0.39, 0.29) is 5.91 Å². The number of carbonyl (C=O) groups excluding carboxylic acids is 1. The Balaban J connectivity index is 1.39. The molecule has 2 aromatic carbocycles. The van der Waals surface area contributed by atoms with E-state index in [1.54, 1.807) is 11.8 Å². The second-order valence-electron chi connectivity index (χ2n) is 8.62. The SMILES string of the molecule is CCN1CCN(c2nc(SCc3cccc(C(=O)NCc4ccccc4)c3)nc(C)c2C)CC1. The van der Waals surface area contributed by atoms with Crippen LogP contribution in [0.3, 0.4) is 0 Å². The number of carbonyl (C=O) groups is 1. The summed E-state index contributed by atoms with van der Waals surface area (Å²) >= 11 is 1.62. The zero-order valence-corrected chi connectivity index (χ0v) is 21.1. The predicted molar refractivity (Wildman–Crippen MR) is 139 cm³/mol. The summed E-state index contributed by atoms with van der Waals surface area (Å²) in [5.74, 6) is 1.71. The molecular formula is C27H33N5OS. The molecule has 178 valence electrons. The summed E-state index contributed by atoms with van der Waals surface area (Å²) in [6.45, 7) is 12.1. The average molecular weight is 476 g/mol. The third-order valence-corrected chi connectivity index (χ3v) is 7.23. The standard InChI is InChI=1S/C27H33N5OS/c1-4-31-13-15-32(16-14-31)25-20(2)21(3)29-27(30-25)34-19-23-11-8-12-24(17-23)26(33)28-18-22-9-6-5-7-10-22/h5-12,17H,4,13-16,18-19H2,1-3H3,(H,28,33). The minimum atomic E-state index is -0.0633. The third-order valence-electron chi connectivity index (χ3n) is 6.32. The molecular weight excluding hydrogens is 442 g/mol. The van der Waals surface area contributed by atoms with Crippen LogP contribution < -0.4 is 10.2 Å². The number of likely N-dealkylation sites (N-methyl/N-ethyl adjacent to an activating group) is 1. The molecule has 0 radical (unpaired) electrons. The number of hydrogen-bond donors (Lipinski definition) is 1. The van der Waals surface area contributed by atoms with Gasteiger partial charge in [-0.15, -0.1) is 0 Å². The van der Waals surface area contributed by atoms with Crippen molar-refractivity contribution in [3.8, 4) is 0 Å². The molecule has 1 aliphatic rings. The molecule has 1 aliphatic heterocycles. The molecule has 0 unspecified atom stereocenters. The van der Waals surface area contributed by atoms with Gasteiger partial charge >= 0.3 is 0 Å². The smallest absolute Gasteiger partial charge is 0.251 e. The summed E-state index contributed by atoms with van der Waals surface area (Å²) in [7, 11) is 0. The second-order valence-corrected chi connectivity index (χ2v) is 9.56. The quantitative estimate of drug-likeness (QED) is 0.383. The molecule has 0 saturated carbocycles. The van der Waals surface area contributed by atoms with E-state index in [4.69, 9.17) is 9.97 Å².